The van der Waals surface area contributed by atoms with E-state index >= 15 is 0 Å². The molecule has 0 aliphatic heterocycles. The van der Waals surface area contributed by atoms with Gasteiger partial charge in [-0.05, 0) is 42.5 Å². The molecule has 4 nitrogen and oxygen atoms in total. The number of carbonyl (C=O) groups is 1. The van der Waals surface area contributed by atoms with Crippen molar-refractivity contribution < 1.29 is 9.53 Å². The molecule has 0 bridgehead atoms. The Balaban J connectivity index is 1.78. The third-order valence-corrected chi connectivity index (χ3v) is 5.61. The summed E-state index contributed by atoms with van der Waals surface area (Å²) in [5.41, 5.74) is 4.42. The predicted octanol–water partition coefficient (Wildman–Crippen LogP) is 6.38. The van der Waals surface area contributed by atoms with Gasteiger partial charge in [-0.1, -0.05) is 79.2 Å². The van der Waals surface area contributed by atoms with Crippen LogP contribution in [0.3, 0.4) is 0 Å². The van der Waals surface area contributed by atoms with E-state index in [9.17, 15) is 4.79 Å². The van der Waals surface area contributed by atoms with Crippen LogP contribution in [0.15, 0.2) is 53.8 Å². The maximum Gasteiger partial charge on any atom is 0.364 e. The Bertz CT molecular complexity index is 1020. The molecule has 6 heteroatoms. The molecule has 3 aromatic rings. The van der Waals surface area contributed by atoms with Gasteiger partial charge >= 0.3 is 5.97 Å². The molecule has 0 N–H and O–H groups in total. The van der Waals surface area contributed by atoms with Gasteiger partial charge in [0, 0.05) is 5.75 Å². The highest BCUT2D eigenvalue weighted by Gasteiger charge is 2.19. The van der Waals surface area contributed by atoms with Crippen LogP contribution in [-0.2, 0) is 5.75 Å². The molecule has 0 aliphatic carbocycles. The maximum absolute atomic E-state index is 12.8. The zero-order chi connectivity index (χ0) is 21.0. The van der Waals surface area contributed by atoms with Gasteiger partial charge in [0.2, 0.25) is 0 Å². The van der Waals surface area contributed by atoms with E-state index < -0.39 is 5.97 Å². The molecule has 0 saturated carbocycles. The zero-order valence-corrected chi connectivity index (χ0v) is 18.5. The Morgan fingerprint density at radius 3 is 2.48 bits per heavy atom. The van der Waals surface area contributed by atoms with Gasteiger partial charge in [-0.25, -0.2) is 14.8 Å². The predicted molar refractivity (Wildman–Crippen MR) is 118 cm³/mol. The molecule has 0 atom stereocenters. The van der Waals surface area contributed by atoms with Gasteiger partial charge in [0.05, 0.1) is 11.2 Å². The first-order valence-electron chi connectivity index (χ1n) is 9.37. The van der Waals surface area contributed by atoms with Gasteiger partial charge < -0.3 is 4.74 Å². The van der Waals surface area contributed by atoms with E-state index in [4.69, 9.17) is 16.3 Å². The third-order valence-electron chi connectivity index (χ3n) is 4.40. The summed E-state index contributed by atoms with van der Waals surface area (Å²) < 4.78 is 5.66. The first-order valence-corrected chi connectivity index (χ1v) is 10.7. The lowest BCUT2D eigenvalue weighted by Crippen LogP contribution is -2.14. The van der Waals surface area contributed by atoms with Crippen molar-refractivity contribution in [3.05, 3.63) is 81.6 Å². The molecule has 3 rings (SSSR count). The van der Waals surface area contributed by atoms with Crippen molar-refractivity contribution in [2.24, 2.45) is 0 Å². The molecule has 0 unspecified atom stereocenters. The molecule has 150 valence electrons. The minimum atomic E-state index is -0.581. The topological polar surface area (TPSA) is 52.1 Å². The number of benzene rings is 2. The number of hydrogen-bond donors (Lipinski definition) is 0. The summed E-state index contributed by atoms with van der Waals surface area (Å²) >= 11 is 7.64. The number of rotatable bonds is 6. The SMILES string of the molecule is Cc1ccc(CSc2ncc(Cl)c(C(=O)Oc3cc(C)ccc3C(C)C)n2)cc1. The molecule has 0 amide bonds. The Kier molecular flexibility index (Phi) is 6.93. The Morgan fingerprint density at radius 2 is 1.79 bits per heavy atom. The molecule has 1 heterocycles. The summed E-state index contributed by atoms with van der Waals surface area (Å²) in [5.74, 6) is 0.877. The molecular formula is C23H23ClN2O2S. The first-order chi connectivity index (χ1) is 13.8. The lowest BCUT2D eigenvalue weighted by molar-refractivity contribution is 0.0725. The largest absolute Gasteiger partial charge is 0.421 e. The van der Waals surface area contributed by atoms with E-state index in [0.717, 1.165) is 16.7 Å². The second-order valence-electron chi connectivity index (χ2n) is 7.21. The third kappa shape index (κ3) is 5.58. The van der Waals surface area contributed by atoms with Gasteiger partial charge in [-0.2, -0.15) is 0 Å². The summed E-state index contributed by atoms with van der Waals surface area (Å²) in [6.07, 6.45) is 1.45. The average molecular weight is 427 g/mol. The standard InChI is InChI=1S/C23H23ClN2O2S/c1-14(2)18-10-7-16(4)11-20(18)28-22(27)21-19(24)12-25-23(26-21)29-13-17-8-5-15(3)6-9-17/h5-12,14H,13H2,1-4H3. The quantitative estimate of drug-likeness (QED) is 0.198. The van der Waals surface area contributed by atoms with Crippen molar-refractivity contribution in [3.8, 4) is 5.75 Å². The number of carbonyl (C=O) groups excluding carboxylic acids is 1. The van der Waals surface area contributed by atoms with Crippen LogP contribution < -0.4 is 4.74 Å². The Morgan fingerprint density at radius 1 is 1.10 bits per heavy atom. The van der Waals surface area contributed by atoms with Crippen LogP contribution in [0.2, 0.25) is 5.02 Å². The number of halogens is 1. The highest BCUT2D eigenvalue weighted by atomic mass is 35.5. The Labute approximate surface area is 180 Å². The van der Waals surface area contributed by atoms with Crippen LogP contribution in [0.25, 0.3) is 0 Å². The summed E-state index contributed by atoms with van der Waals surface area (Å²) in [5, 5.41) is 0.656. The Hall–Kier alpha value is -2.37. The van der Waals surface area contributed by atoms with Crippen molar-refractivity contribution in [2.45, 2.75) is 44.5 Å². The van der Waals surface area contributed by atoms with Crippen LogP contribution in [0, 0.1) is 13.8 Å². The van der Waals surface area contributed by atoms with Crippen molar-refractivity contribution >= 4 is 29.3 Å². The van der Waals surface area contributed by atoms with Gasteiger partial charge in [0.1, 0.15) is 5.75 Å². The fraction of sp³-hybridized carbons (Fsp3) is 0.261. The van der Waals surface area contributed by atoms with Crippen LogP contribution in [0.5, 0.6) is 5.75 Å². The second-order valence-corrected chi connectivity index (χ2v) is 8.56. The lowest BCUT2D eigenvalue weighted by atomic mass is 10.0. The number of thioether (sulfide) groups is 1. The van der Waals surface area contributed by atoms with E-state index in [0.29, 0.717) is 16.7 Å². The fourth-order valence-corrected chi connectivity index (χ4v) is 3.69. The van der Waals surface area contributed by atoms with E-state index in [2.05, 4.69) is 55.0 Å². The monoisotopic (exact) mass is 426 g/mol. The van der Waals surface area contributed by atoms with Crippen LogP contribution in [0.1, 0.15) is 52.5 Å². The van der Waals surface area contributed by atoms with Crippen LogP contribution in [-0.4, -0.2) is 15.9 Å². The van der Waals surface area contributed by atoms with Gasteiger partial charge in [-0.3, -0.25) is 0 Å². The normalized spacial score (nSPS) is 11.0. The molecule has 1 aromatic heterocycles. The van der Waals surface area contributed by atoms with Crippen molar-refractivity contribution in [2.75, 3.05) is 0 Å². The number of aryl methyl sites for hydroxylation is 2. The smallest absolute Gasteiger partial charge is 0.364 e. The zero-order valence-electron chi connectivity index (χ0n) is 16.9. The fourth-order valence-electron chi connectivity index (χ4n) is 2.75. The molecule has 0 radical (unpaired) electrons. The second kappa shape index (κ2) is 9.42. The molecule has 29 heavy (non-hydrogen) atoms. The highest BCUT2D eigenvalue weighted by Crippen LogP contribution is 2.29. The van der Waals surface area contributed by atoms with E-state index in [-0.39, 0.29) is 16.6 Å². The van der Waals surface area contributed by atoms with Gasteiger partial charge in [0.15, 0.2) is 10.9 Å². The molecule has 0 aliphatic rings. The van der Waals surface area contributed by atoms with E-state index in [1.54, 1.807) is 0 Å². The summed E-state index contributed by atoms with van der Waals surface area (Å²) in [7, 11) is 0. The van der Waals surface area contributed by atoms with E-state index in [1.807, 2.05) is 25.1 Å². The number of hydrogen-bond acceptors (Lipinski definition) is 5. The minimum Gasteiger partial charge on any atom is -0.421 e. The molecule has 2 aromatic carbocycles. The molecule has 0 fully saturated rings. The minimum absolute atomic E-state index is 0.0734. The van der Waals surface area contributed by atoms with Crippen LogP contribution >= 0.6 is 23.4 Å². The lowest BCUT2D eigenvalue weighted by Gasteiger charge is -2.14. The van der Waals surface area contributed by atoms with Crippen molar-refractivity contribution in [3.63, 3.8) is 0 Å². The van der Waals surface area contributed by atoms with Crippen molar-refractivity contribution in [1.82, 2.24) is 9.97 Å². The number of ether oxygens (including phenoxy) is 1. The number of nitrogens with zero attached hydrogens (tertiary/aromatic N) is 2. The number of aromatic nitrogens is 2. The van der Waals surface area contributed by atoms with E-state index in [1.165, 1.54) is 23.5 Å². The van der Waals surface area contributed by atoms with Crippen molar-refractivity contribution in [1.29, 1.82) is 0 Å². The number of esters is 1. The summed E-state index contributed by atoms with van der Waals surface area (Å²) in [6.45, 7) is 8.12. The molecule has 0 saturated heterocycles. The highest BCUT2D eigenvalue weighted by molar-refractivity contribution is 7.98. The summed E-state index contributed by atoms with van der Waals surface area (Å²) in [4.78, 5) is 21.4. The van der Waals surface area contributed by atoms with Crippen LogP contribution in [0.4, 0.5) is 0 Å². The first kappa shape index (κ1) is 21.3. The molecule has 0 spiro atoms. The van der Waals surface area contributed by atoms with Gasteiger partial charge in [0.25, 0.3) is 0 Å². The maximum atomic E-state index is 12.8. The average Bonchev–Trinajstić information content (AvgIpc) is 2.68. The molecular weight excluding hydrogens is 404 g/mol. The van der Waals surface area contributed by atoms with Gasteiger partial charge in [-0.15, -0.1) is 0 Å². The summed E-state index contributed by atoms with van der Waals surface area (Å²) in [6, 6.07) is 14.1.